The predicted octanol–water partition coefficient (Wildman–Crippen LogP) is 2.01. The molecule has 0 aromatic carbocycles. The van der Waals surface area contributed by atoms with Crippen molar-refractivity contribution in [3.63, 3.8) is 0 Å². The summed E-state index contributed by atoms with van der Waals surface area (Å²) in [5.74, 6) is -0.202. The van der Waals surface area contributed by atoms with Crippen LogP contribution in [0.5, 0.6) is 5.88 Å². The molecule has 2 heterocycles. The first kappa shape index (κ1) is 21.0. The number of hydrogen-bond donors (Lipinski definition) is 1. The molecule has 2 fully saturated rings. The predicted molar refractivity (Wildman–Crippen MR) is 104 cm³/mol. The number of esters is 1. The van der Waals surface area contributed by atoms with Gasteiger partial charge < -0.3 is 9.47 Å². The zero-order valence-electron chi connectivity index (χ0n) is 16.3. The highest BCUT2D eigenvalue weighted by molar-refractivity contribution is 7.87. The lowest BCUT2D eigenvalue weighted by Gasteiger charge is -2.30. The van der Waals surface area contributed by atoms with Crippen LogP contribution in [0.15, 0.2) is 18.3 Å². The van der Waals surface area contributed by atoms with Crippen LogP contribution in [0.4, 0.5) is 0 Å². The maximum atomic E-state index is 12.7. The van der Waals surface area contributed by atoms with Gasteiger partial charge in [-0.1, -0.05) is 0 Å². The Balaban J connectivity index is 1.56. The van der Waals surface area contributed by atoms with Gasteiger partial charge in [0.2, 0.25) is 5.88 Å². The molecule has 1 atom stereocenters. The lowest BCUT2D eigenvalue weighted by molar-refractivity contribution is -0.149. The van der Waals surface area contributed by atoms with Crippen molar-refractivity contribution in [2.75, 3.05) is 19.7 Å². The number of carbonyl (C=O) groups excluding carboxylic acids is 1. The van der Waals surface area contributed by atoms with Crippen LogP contribution in [0.1, 0.15) is 51.0 Å². The topological polar surface area (TPSA) is 97.8 Å². The first-order chi connectivity index (χ1) is 13.5. The van der Waals surface area contributed by atoms with E-state index in [9.17, 15) is 13.2 Å². The van der Waals surface area contributed by atoms with Crippen molar-refractivity contribution in [2.45, 2.75) is 58.1 Å². The van der Waals surface area contributed by atoms with Crippen molar-refractivity contribution in [1.29, 1.82) is 0 Å². The van der Waals surface area contributed by atoms with E-state index in [4.69, 9.17) is 9.47 Å². The number of nitrogens with zero attached hydrogens (tertiary/aromatic N) is 2. The van der Waals surface area contributed by atoms with E-state index in [0.717, 1.165) is 18.4 Å². The van der Waals surface area contributed by atoms with Gasteiger partial charge in [0.1, 0.15) is 6.10 Å². The Morgan fingerprint density at radius 3 is 2.82 bits per heavy atom. The minimum atomic E-state index is -3.68. The van der Waals surface area contributed by atoms with E-state index in [-0.39, 0.29) is 25.2 Å². The lowest BCUT2D eigenvalue weighted by atomic mass is 10.0. The maximum Gasteiger partial charge on any atom is 0.310 e. The van der Waals surface area contributed by atoms with Gasteiger partial charge in [-0.3, -0.25) is 4.79 Å². The average molecular weight is 412 g/mol. The maximum absolute atomic E-state index is 12.7. The van der Waals surface area contributed by atoms with Gasteiger partial charge in [0.25, 0.3) is 10.2 Å². The van der Waals surface area contributed by atoms with Crippen LogP contribution in [0.2, 0.25) is 0 Å². The van der Waals surface area contributed by atoms with E-state index in [1.807, 2.05) is 0 Å². The summed E-state index contributed by atoms with van der Waals surface area (Å²) < 4.78 is 40.2. The molecule has 0 spiro atoms. The molecule has 1 aromatic rings. The third kappa shape index (κ3) is 5.65. The van der Waals surface area contributed by atoms with Gasteiger partial charge in [-0.15, -0.1) is 0 Å². The average Bonchev–Trinajstić information content (AvgIpc) is 3.20. The molecule has 1 saturated carbocycles. The molecule has 0 radical (unpaired) electrons. The summed E-state index contributed by atoms with van der Waals surface area (Å²) in [6, 6.07) is 3.54. The molecule has 3 rings (SSSR count). The standard InChI is InChI=1S/C19H29N3O5S/c1-2-26-19(23)16-6-5-11-22(14-16)28(24,25)21-13-15-9-10-20-18(12-15)27-17-7-3-4-8-17/h9-10,12,16-17,21H,2-8,11,13-14H2,1H3. The summed E-state index contributed by atoms with van der Waals surface area (Å²) in [4.78, 5) is 16.2. The number of ether oxygens (including phenoxy) is 2. The van der Waals surface area contributed by atoms with E-state index in [1.165, 1.54) is 17.1 Å². The third-order valence-electron chi connectivity index (χ3n) is 5.19. The van der Waals surface area contributed by atoms with Crippen LogP contribution in [0.3, 0.4) is 0 Å². The molecule has 0 bridgehead atoms. The summed E-state index contributed by atoms with van der Waals surface area (Å²) in [6.07, 6.45) is 7.54. The number of hydrogen-bond acceptors (Lipinski definition) is 6. The molecule has 1 saturated heterocycles. The van der Waals surface area contributed by atoms with Gasteiger partial charge in [-0.2, -0.15) is 17.4 Å². The lowest BCUT2D eigenvalue weighted by Crippen LogP contribution is -2.47. The number of piperidine rings is 1. The Hall–Kier alpha value is -1.71. The van der Waals surface area contributed by atoms with E-state index in [2.05, 4.69) is 9.71 Å². The van der Waals surface area contributed by atoms with Crippen molar-refractivity contribution in [1.82, 2.24) is 14.0 Å². The van der Waals surface area contributed by atoms with Crippen LogP contribution in [0, 0.1) is 5.92 Å². The molecule has 156 valence electrons. The van der Waals surface area contributed by atoms with Crippen molar-refractivity contribution < 1.29 is 22.7 Å². The number of nitrogens with one attached hydrogen (secondary N) is 1. The molecular weight excluding hydrogens is 382 g/mol. The van der Waals surface area contributed by atoms with Gasteiger partial charge in [-0.05, 0) is 57.1 Å². The minimum absolute atomic E-state index is 0.145. The van der Waals surface area contributed by atoms with Gasteiger partial charge in [0.05, 0.1) is 12.5 Å². The second-order valence-electron chi connectivity index (χ2n) is 7.30. The first-order valence-electron chi connectivity index (χ1n) is 10.0. The fourth-order valence-corrected chi connectivity index (χ4v) is 4.96. The fourth-order valence-electron chi connectivity index (χ4n) is 3.68. The Morgan fingerprint density at radius 2 is 2.07 bits per heavy atom. The van der Waals surface area contributed by atoms with Gasteiger partial charge >= 0.3 is 5.97 Å². The van der Waals surface area contributed by atoms with Crippen LogP contribution < -0.4 is 9.46 Å². The van der Waals surface area contributed by atoms with Crippen molar-refractivity contribution in [3.8, 4) is 5.88 Å². The summed E-state index contributed by atoms with van der Waals surface area (Å²) in [7, 11) is -3.68. The minimum Gasteiger partial charge on any atom is -0.474 e. The molecule has 28 heavy (non-hydrogen) atoms. The molecule has 0 amide bonds. The highest BCUT2D eigenvalue weighted by Crippen LogP contribution is 2.23. The molecule has 1 aromatic heterocycles. The van der Waals surface area contributed by atoms with Crippen LogP contribution in [-0.4, -0.2) is 49.5 Å². The van der Waals surface area contributed by atoms with E-state index < -0.39 is 16.1 Å². The number of rotatable bonds is 8. The van der Waals surface area contributed by atoms with E-state index in [1.54, 1.807) is 25.3 Å². The summed E-state index contributed by atoms with van der Waals surface area (Å²) in [5.41, 5.74) is 0.783. The van der Waals surface area contributed by atoms with Gasteiger partial charge in [0.15, 0.2) is 0 Å². The molecule has 8 nitrogen and oxygen atoms in total. The molecule has 9 heteroatoms. The third-order valence-corrected chi connectivity index (χ3v) is 6.71. The van der Waals surface area contributed by atoms with Crippen LogP contribution in [0.25, 0.3) is 0 Å². The van der Waals surface area contributed by atoms with Crippen molar-refractivity contribution in [2.24, 2.45) is 5.92 Å². The van der Waals surface area contributed by atoms with Crippen molar-refractivity contribution in [3.05, 3.63) is 23.9 Å². The normalized spacial score (nSPS) is 21.5. The number of aromatic nitrogens is 1. The molecular formula is C19H29N3O5S. The van der Waals surface area contributed by atoms with E-state index >= 15 is 0 Å². The molecule has 1 aliphatic carbocycles. The summed E-state index contributed by atoms with van der Waals surface area (Å²) in [6.45, 7) is 2.74. The molecule has 1 N–H and O–H groups in total. The van der Waals surface area contributed by atoms with Crippen LogP contribution in [-0.2, 0) is 26.3 Å². The largest absolute Gasteiger partial charge is 0.474 e. The highest BCUT2D eigenvalue weighted by Gasteiger charge is 2.32. The summed E-state index contributed by atoms with van der Waals surface area (Å²) >= 11 is 0. The smallest absolute Gasteiger partial charge is 0.310 e. The zero-order chi connectivity index (χ0) is 20.0. The highest BCUT2D eigenvalue weighted by atomic mass is 32.2. The fraction of sp³-hybridized carbons (Fsp3) is 0.684. The van der Waals surface area contributed by atoms with Crippen LogP contribution >= 0.6 is 0 Å². The summed E-state index contributed by atoms with van der Waals surface area (Å²) in [5, 5.41) is 0. The van der Waals surface area contributed by atoms with Gasteiger partial charge in [-0.25, -0.2) is 4.98 Å². The Kier molecular flexibility index (Phi) is 7.25. The molecule has 2 aliphatic rings. The zero-order valence-corrected chi connectivity index (χ0v) is 17.1. The van der Waals surface area contributed by atoms with Crippen molar-refractivity contribution >= 4 is 16.2 Å². The Labute approximate surface area is 166 Å². The first-order valence-corrected chi connectivity index (χ1v) is 11.4. The number of carbonyl (C=O) groups is 1. The Morgan fingerprint density at radius 1 is 1.29 bits per heavy atom. The molecule has 1 unspecified atom stereocenters. The second kappa shape index (κ2) is 9.67. The van der Waals surface area contributed by atoms with Gasteiger partial charge in [0, 0.05) is 31.9 Å². The monoisotopic (exact) mass is 411 g/mol. The van der Waals surface area contributed by atoms with E-state index in [0.29, 0.717) is 31.9 Å². The quantitative estimate of drug-likeness (QED) is 0.657. The molecule has 1 aliphatic heterocycles. The SMILES string of the molecule is CCOC(=O)C1CCCN(S(=O)(=O)NCc2ccnc(OC3CCCC3)c2)C1. The second-order valence-corrected chi connectivity index (χ2v) is 9.06. The number of pyridine rings is 1. The Bertz CT molecular complexity index is 765.